The van der Waals surface area contributed by atoms with Gasteiger partial charge < -0.3 is 10.2 Å². The van der Waals surface area contributed by atoms with E-state index in [4.69, 9.17) is 0 Å². The number of hydrogen-bond acceptors (Lipinski definition) is 3. The number of hydrogen-bond donors (Lipinski definition) is 1. The average Bonchev–Trinajstić information content (AvgIpc) is 2.41. The minimum atomic E-state index is -0.0989. The molecular formula is C15H20N2O2. The molecule has 1 aromatic carbocycles. The third-order valence-electron chi connectivity index (χ3n) is 2.58. The van der Waals surface area contributed by atoms with Crippen LogP contribution in [0.5, 0.6) is 0 Å². The van der Waals surface area contributed by atoms with Crippen LogP contribution in [0.25, 0.3) is 6.08 Å². The smallest absolute Gasteiger partial charge is 0.243 e. The lowest BCUT2D eigenvalue weighted by molar-refractivity contribution is -0.116. The molecule has 0 heterocycles. The Bertz CT molecular complexity index is 436. The summed E-state index contributed by atoms with van der Waals surface area (Å²) in [6.45, 7) is 1.63. The fraction of sp³-hybridized carbons (Fsp3) is 0.333. The van der Waals surface area contributed by atoms with Crippen LogP contribution in [0.3, 0.4) is 0 Å². The Morgan fingerprint density at radius 3 is 2.42 bits per heavy atom. The molecule has 19 heavy (non-hydrogen) atoms. The molecule has 0 aliphatic heterocycles. The van der Waals surface area contributed by atoms with E-state index in [0.29, 0.717) is 12.1 Å². The fourth-order valence-electron chi connectivity index (χ4n) is 1.52. The lowest BCUT2D eigenvalue weighted by Crippen LogP contribution is -2.25. The first-order valence-electron chi connectivity index (χ1n) is 6.27. The van der Waals surface area contributed by atoms with Crippen LogP contribution in [-0.4, -0.2) is 44.3 Å². The first-order valence-corrected chi connectivity index (χ1v) is 6.27. The molecule has 4 heteroatoms. The molecule has 0 aliphatic rings. The minimum Gasteiger partial charge on any atom is -0.353 e. The number of carbonyl (C=O) groups is 2. The number of carbonyl (C=O) groups excluding carboxylic acids is 2. The maximum atomic E-state index is 11.5. The van der Waals surface area contributed by atoms with Crippen molar-refractivity contribution in [3.05, 3.63) is 41.5 Å². The maximum Gasteiger partial charge on any atom is 0.243 e. The highest BCUT2D eigenvalue weighted by Gasteiger charge is 1.96. The van der Waals surface area contributed by atoms with Crippen LogP contribution in [0.15, 0.2) is 30.3 Å². The van der Waals surface area contributed by atoms with E-state index in [1.807, 2.05) is 14.1 Å². The summed E-state index contributed by atoms with van der Waals surface area (Å²) in [6, 6.07) is 7.06. The number of nitrogens with one attached hydrogen (secondary N) is 1. The molecule has 0 unspecified atom stereocenters. The summed E-state index contributed by atoms with van der Waals surface area (Å²) < 4.78 is 0. The molecule has 102 valence electrons. The van der Waals surface area contributed by atoms with E-state index in [0.717, 1.165) is 24.8 Å². The van der Waals surface area contributed by atoms with Crippen molar-refractivity contribution in [2.24, 2.45) is 0 Å². The standard InChI is InChI=1S/C15H20N2O2/c1-17(2)11-3-10-16-15(19)9-8-13-4-6-14(12-18)7-5-13/h4-9,12H,3,10-11H2,1-2H3,(H,16,19). The molecule has 0 saturated carbocycles. The predicted octanol–water partition coefficient (Wildman–Crippen LogP) is 1.58. The van der Waals surface area contributed by atoms with Gasteiger partial charge >= 0.3 is 0 Å². The molecule has 1 rings (SSSR count). The van der Waals surface area contributed by atoms with Gasteiger partial charge in [-0.1, -0.05) is 24.3 Å². The molecule has 0 saturated heterocycles. The van der Waals surface area contributed by atoms with Crippen molar-refractivity contribution in [1.29, 1.82) is 0 Å². The molecule has 0 aliphatic carbocycles. The van der Waals surface area contributed by atoms with Crippen molar-refractivity contribution in [2.45, 2.75) is 6.42 Å². The van der Waals surface area contributed by atoms with Crippen LogP contribution in [0.2, 0.25) is 0 Å². The van der Waals surface area contributed by atoms with Gasteiger partial charge in [0.05, 0.1) is 0 Å². The van der Waals surface area contributed by atoms with Crippen molar-refractivity contribution in [2.75, 3.05) is 27.2 Å². The first-order chi connectivity index (χ1) is 9.11. The zero-order valence-corrected chi connectivity index (χ0v) is 11.4. The van der Waals surface area contributed by atoms with E-state index in [-0.39, 0.29) is 5.91 Å². The summed E-state index contributed by atoms with van der Waals surface area (Å²) in [5.41, 5.74) is 1.53. The molecule has 1 N–H and O–H groups in total. The summed E-state index contributed by atoms with van der Waals surface area (Å²) in [5.74, 6) is -0.0989. The molecule has 0 spiro atoms. The predicted molar refractivity (Wildman–Crippen MR) is 77.0 cm³/mol. The molecule has 0 atom stereocenters. The largest absolute Gasteiger partial charge is 0.353 e. The first kappa shape index (κ1) is 15.1. The number of nitrogens with zero attached hydrogens (tertiary/aromatic N) is 1. The second kappa shape index (κ2) is 8.21. The highest BCUT2D eigenvalue weighted by atomic mass is 16.1. The van der Waals surface area contributed by atoms with Gasteiger partial charge in [0.2, 0.25) is 5.91 Å². The van der Waals surface area contributed by atoms with Gasteiger partial charge in [-0.3, -0.25) is 9.59 Å². The van der Waals surface area contributed by atoms with Gasteiger partial charge in [-0.2, -0.15) is 0 Å². The van der Waals surface area contributed by atoms with Gasteiger partial charge in [0.25, 0.3) is 0 Å². The number of rotatable bonds is 7. The van der Waals surface area contributed by atoms with Crippen LogP contribution < -0.4 is 5.32 Å². The summed E-state index contributed by atoms with van der Waals surface area (Å²) in [4.78, 5) is 24.1. The number of amides is 1. The summed E-state index contributed by atoms with van der Waals surface area (Å²) in [6.07, 6.45) is 4.97. The third-order valence-corrected chi connectivity index (χ3v) is 2.58. The van der Waals surface area contributed by atoms with Crippen LogP contribution in [0.1, 0.15) is 22.3 Å². The van der Waals surface area contributed by atoms with Crippen LogP contribution >= 0.6 is 0 Å². The highest BCUT2D eigenvalue weighted by molar-refractivity contribution is 5.91. The van der Waals surface area contributed by atoms with Gasteiger partial charge in [-0.15, -0.1) is 0 Å². The topological polar surface area (TPSA) is 49.4 Å². The van der Waals surface area contributed by atoms with E-state index in [2.05, 4.69) is 10.2 Å². The summed E-state index contributed by atoms with van der Waals surface area (Å²) >= 11 is 0. The van der Waals surface area contributed by atoms with Crippen molar-refractivity contribution >= 4 is 18.3 Å². The Labute approximate surface area is 114 Å². The van der Waals surface area contributed by atoms with Crippen molar-refractivity contribution in [3.63, 3.8) is 0 Å². The monoisotopic (exact) mass is 260 g/mol. The van der Waals surface area contributed by atoms with E-state index in [9.17, 15) is 9.59 Å². The second-order valence-corrected chi connectivity index (χ2v) is 4.57. The van der Waals surface area contributed by atoms with Gasteiger partial charge in [-0.05, 0) is 38.7 Å². The fourth-order valence-corrected chi connectivity index (χ4v) is 1.52. The van der Waals surface area contributed by atoms with E-state index >= 15 is 0 Å². The lowest BCUT2D eigenvalue weighted by Gasteiger charge is -2.08. The molecule has 1 aromatic rings. The minimum absolute atomic E-state index is 0.0989. The van der Waals surface area contributed by atoms with Crippen molar-refractivity contribution in [3.8, 4) is 0 Å². The molecule has 0 aromatic heterocycles. The zero-order valence-electron chi connectivity index (χ0n) is 11.4. The maximum absolute atomic E-state index is 11.5. The van der Waals surface area contributed by atoms with Crippen LogP contribution in [0.4, 0.5) is 0 Å². The Morgan fingerprint density at radius 2 is 1.84 bits per heavy atom. The Morgan fingerprint density at radius 1 is 1.21 bits per heavy atom. The van der Waals surface area contributed by atoms with Gasteiger partial charge in [0, 0.05) is 18.2 Å². The molecule has 0 fully saturated rings. The third kappa shape index (κ3) is 6.52. The molecule has 0 radical (unpaired) electrons. The van der Waals surface area contributed by atoms with Gasteiger partial charge in [0.15, 0.2) is 0 Å². The van der Waals surface area contributed by atoms with E-state index in [1.165, 1.54) is 6.08 Å². The van der Waals surface area contributed by atoms with Crippen LogP contribution in [-0.2, 0) is 4.79 Å². The van der Waals surface area contributed by atoms with E-state index < -0.39 is 0 Å². The molecule has 1 amide bonds. The summed E-state index contributed by atoms with van der Waals surface area (Å²) in [5, 5.41) is 2.82. The molecule has 4 nitrogen and oxygen atoms in total. The zero-order chi connectivity index (χ0) is 14.1. The van der Waals surface area contributed by atoms with Gasteiger partial charge in [-0.25, -0.2) is 0 Å². The van der Waals surface area contributed by atoms with Gasteiger partial charge in [0.1, 0.15) is 6.29 Å². The van der Waals surface area contributed by atoms with Crippen molar-refractivity contribution < 1.29 is 9.59 Å². The number of aldehydes is 1. The number of benzene rings is 1. The SMILES string of the molecule is CN(C)CCCNC(=O)C=Cc1ccc(C=O)cc1. The Balaban J connectivity index is 2.34. The Hall–Kier alpha value is -1.94. The quantitative estimate of drug-likeness (QED) is 0.460. The van der Waals surface area contributed by atoms with E-state index in [1.54, 1.807) is 30.3 Å². The average molecular weight is 260 g/mol. The van der Waals surface area contributed by atoms with Crippen molar-refractivity contribution in [1.82, 2.24) is 10.2 Å². The van der Waals surface area contributed by atoms with Crippen LogP contribution in [0, 0.1) is 0 Å². The highest BCUT2D eigenvalue weighted by Crippen LogP contribution is 2.04. The summed E-state index contributed by atoms with van der Waals surface area (Å²) in [7, 11) is 4.01. The molecular weight excluding hydrogens is 240 g/mol. The Kier molecular flexibility index (Phi) is 6.53. The molecule has 0 bridgehead atoms. The lowest BCUT2D eigenvalue weighted by atomic mass is 10.1. The normalized spacial score (nSPS) is 10.9. The second-order valence-electron chi connectivity index (χ2n) is 4.57.